The van der Waals surface area contributed by atoms with Crippen LogP contribution < -0.4 is 5.32 Å². The van der Waals surface area contributed by atoms with E-state index in [9.17, 15) is 9.59 Å². The molecular formula is C16H21N3O2. The fourth-order valence-corrected chi connectivity index (χ4v) is 3.09. The van der Waals surface area contributed by atoms with Crippen molar-refractivity contribution in [3.63, 3.8) is 0 Å². The molecular weight excluding hydrogens is 266 g/mol. The fourth-order valence-electron chi connectivity index (χ4n) is 3.09. The molecule has 0 aromatic heterocycles. The van der Waals surface area contributed by atoms with Gasteiger partial charge in [-0.1, -0.05) is 12.1 Å². The number of amides is 2. The molecule has 0 unspecified atom stereocenters. The molecule has 2 aliphatic heterocycles. The van der Waals surface area contributed by atoms with Gasteiger partial charge in [-0.2, -0.15) is 0 Å². The number of imide groups is 1. The van der Waals surface area contributed by atoms with Crippen LogP contribution in [0, 0.1) is 0 Å². The molecule has 5 heteroatoms. The van der Waals surface area contributed by atoms with Crippen molar-refractivity contribution in [3.05, 3.63) is 35.4 Å². The normalized spacial score (nSPS) is 22.7. The van der Waals surface area contributed by atoms with Crippen molar-refractivity contribution in [1.29, 1.82) is 0 Å². The minimum Gasteiger partial charge on any atom is -0.314 e. The molecule has 1 atom stereocenters. The Labute approximate surface area is 124 Å². The number of hydrogen-bond donors (Lipinski definition) is 1. The molecule has 1 aromatic carbocycles. The summed E-state index contributed by atoms with van der Waals surface area (Å²) < 4.78 is 0. The van der Waals surface area contributed by atoms with E-state index in [4.69, 9.17) is 0 Å². The number of rotatable bonds is 4. The molecule has 2 heterocycles. The number of carbonyl (C=O) groups is 2. The summed E-state index contributed by atoms with van der Waals surface area (Å²) in [6, 6.07) is 7.58. The lowest BCUT2D eigenvalue weighted by Crippen LogP contribution is -2.50. The predicted molar refractivity (Wildman–Crippen MR) is 80.3 cm³/mol. The number of carbonyl (C=O) groups excluding carboxylic acids is 2. The highest BCUT2D eigenvalue weighted by molar-refractivity contribution is 6.21. The van der Waals surface area contributed by atoms with Gasteiger partial charge in [-0.15, -0.1) is 0 Å². The first kappa shape index (κ1) is 14.2. The molecule has 5 nitrogen and oxygen atoms in total. The highest BCUT2D eigenvalue weighted by Crippen LogP contribution is 2.22. The third-order valence-corrected chi connectivity index (χ3v) is 4.34. The van der Waals surface area contributed by atoms with Crippen molar-refractivity contribution in [3.8, 4) is 0 Å². The highest BCUT2D eigenvalue weighted by Gasteiger charge is 2.34. The zero-order chi connectivity index (χ0) is 14.8. The quantitative estimate of drug-likeness (QED) is 0.838. The monoisotopic (exact) mass is 287 g/mol. The number of fused-ring (bicyclic) bond motifs is 1. The standard InChI is InChI=1S/C16H21N3O2/c1-12-11-17-7-10-18(12)8-4-9-19-15(20)13-5-2-3-6-14(13)16(19)21/h2-3,5-6,12,17H,4,7-11H2,1H3/t12-/m1/s1. The van der Waals surface area contributed by atoms with Crippen LogP contribution in [0.25, 0.3) is 0 Å². The van der Waals surface area contributed by atoms with E-state index >= 15 is 0 Å². The van der Waals surface area contributed by atoms with Crippen LogP contribution in [0.4, 0.5) is 0 Å². The van der Waals surface area contributed by atoms with E-state index in [0.29, 0.717) is 23.7 Å². The average molecular weight is 287 g/mol. The first-order valence-corrected chi connectivity index (χ1v) is 7.58. The van der Waals surface area contributed by atoms with Gasteiger partial charge >= 0.3 is 0 Å². The number of piperazine rings is 1. The molecule has 1 N–H and O–H groups in total. The van der Waals surface area contributed by atoms with E-state index in [1.54, 1.807) is 24.3 Å². The van der Waals surface area contributed by atoms with Gasteiger partial charge in [0.15, 0.2) is 0 Å². The minimum absolute atomic E-state index is 0.149. The second-order valence-electron chi connectivity index (χ2n) is 5.75. The Hall–Kier alpha value is -1.72. The third kappa shape index (κ3) is 2.71. The summed E-state index contributed by atoms with van der Waals surface area (Å²) in [6.07, 6.45) is 0.829. The summed E-state index contributed by atoms with van der Waals surface area (Å²) in [7, 11) is 0. The Morgan fingerprint density at radius 1 is 1.14 bits per heavy atom. The molecule has 3 rings (SSSR count). The lowest BCUT2D eigenvalue weighted by Gasteiger charge is -2.34. The van der Waals surface area contributed by atoms with Crippen molar-refractivity contribution in [2.75, 3.05) is 32.7 Å². The van der Waals surface area contributed by atoms with Crippen LogP contribution in [0.5, 0.6) is 0 Å². The molecule has 0 bridgehead atoms. The SMILES string of the molecule is C[C@@H]1CNCCN1CCCN1C(=O)c2ccccc2C1=O. The van der Waals surface area contributed by atoms with Crippen LogP contribution >= 0.6 is 0 Å². The fraction of sp³-hybridized carbons (Fsp3) is 0.500. The Morgan fingerprint density at radius 2 is 1.81 bits per heavy atom. The summed E-state index contributed by atoms with van der Waals surface area (Å²) in [6.45, 7) is 6.68. The van der Waals surface area contributed by atoms with Crippen molar-refractivity contribution in [1.82, 2.24) is 15.1 Å². The molecule has 0 saturated carbocycles. The summed E-state index contributed by atoms with van der Waals surface area (Å²) in [4.78, 5) is 28.3. The van der Waals surface area contributed by atoms with Crippen LogP contribution in [-0.4, -0.2) is 60.4 Å². The first-order valence-electron chi connectivity index (χ1n) is 7.58. The van der Waals surface area contributed by atoms with Gasteiger partial charge in [-0.25, -0.2) is 0 Å². The van der Waals surface area contributed by atoms with Gasteiger partial charge in [-0.05, 0) is 25.5 Å². The van der Waals surface area contributed by atoms with Gasteiger partial charge < -0.3 is 5.32 Å². The van der Waals surface area contributed by atoms with E-state index in [-0.39, 0.29) is 11.8 Å². The maximum Gasteiger partial charge on any atom is 0.261 e. The summed E-state index contributed by atoms with van der Waals surface area (Å²) >= 11 is 0. The molecule has 1 aromatic rings. The van der Waals surface area contributed by atoms with E-state index < -0.39 is 0 Å². The Kier molecular flexibility index (Phi) is 4.03. The average Bonchev–Trinajstić information content (AvgIpc) is 2.74. The molecule has 112 valence electrons. The van der Waals surface area contributed by atoms with Crippen LogP contribution in [0.1, 0.15) is 34.1 Å². The molecule has 1 fully saturated rings. The molecule has 21 heavy (non-hydrogen) atoms. The van der Waals surface area contributed by atoms with E-state index in [1.807, 2.05) is 0 Å². The van der Waals surface area contributed by atoms with Gasteiger partial charge in [-0.3, -0.25) is 19.4 Å². The zero-order valence-electron chi connectivity index (χ0n) is 12.3. The number of hydrogen-bond acceptors (Lipinski definition) is 4. The van der Waals surface area contributed by atoms with Crippen LogP contribution in [-0.2, 0) is 0 Å². The van der Waals surface area contributed by atoms with E-state index in [1.165, 1.54) is 4.90 Å². The lowest BCUT2D eigenvalue weighted by molar-refractivity contribution is 0.0642. The first-order chi connectivity index (χ1) is 10.2. The van der Waals surface area contributed by atoms with Crippen LogP contribution in [0.15, 0.2) is 24.3 Å². The zero-order valence-corrected chi connectivity index (χ0v) is 12.3. The molecule has 2 amide bonds. The minimum atomic E-state index is -0.149. The maximum absolute atomic E-state index is 12.2. The highest BCUT2D eigenvalue weighted by atomic mass is 16.2. The number of nitrogens with one attached hydrogen (secondary N) is 1. The van der Waals surface area contributed by atoms with Crippen molar-refractivity contribution in [2.24, 2.45) is 0 Å². The number of nitrogens with zero attached hydrogens (tertiary/aromatic N) is 2. The molecule has 0 radical (unpaired) electrons. The van der Waals surface area contributed by atoms with Crippen molar-refractivity contribution < 1.29 is 9.59 Å². The second kappa shape index (κ2) is 5.95. The largest absolute Gasteiger partial charge is 0.314 e. The summed E-state index contributed by atoms with van der Waals surface area (Å²) in [5.41, 5.74) is 1.08. The van der Waals surface area contributed by atoms with Crippen LogP contribution in [0.2, 0.25) is 0 Å². The second-order valence-corrected chi connectivity index (χ2v) is 5.75. The summed E-state index contributed by atoms with van der Waals surface area (Å²) in [5.74, 6) is -0.298. The Bertz CT molecular complexity index is 523. The molecule has 1 saturated heterocycles. The van der Waals surface area contributed by atoms with Gasteiger partial charge in [0.25, 0.3) is 11.8 Å². The smallest absolute Gasteiger partial charge is 0.261 e. The lowest BCUT2D eigenvalue weighted by atomic mass is 10.1. The van der Waals surface area contributed by atoms with Gasteiger partial charge in [0.05, 0.1) is 11.1 Å². The molecule has 2 aliphatic rings. The Morgan fingerprint density at radius 3 is 2.43 bits per heavy atom. The Balaban J connectivity index is 1.57. The number of benzene rings is 1. The van der Waals surface area contributed by atoms with Crippen molar-refractivity contribution >= 4 is 11.8 Å². The topological polar surface area (TPSA) is 52.6 Å². The van der Waals surface area contributed by atoms with Crippen molar-refractivity contribution in [2.45, 2.75) is 19.4 Å². The summed E-state index contributed by atoms with van der Waals surface area (Å²) in [5, 5.41) is 3.36. The molecule has 0 spiro atoms. The van der Waals surface area contributed by atoms with E-state index in [0.717, 1.165) is 32.6 Å². The van der Waals surface area contributed by atoms with Crippen LogP contribution in [0.3, 0.4) is 0 Å². The third-order valence-electron chi connectivity index (χ3n) is 4.34. The molecule has 0 aliphatic carbocycles. The van der Waals surface area contributed by atoms with Gasteiger partial charge in [0.2, 0.25) is 0 Å². The predicted octanol–water partition coefficient (Wildman–Crippen LogP) is 0.966. The van der Waals surface area contributed by atoms with E-state index in [2.05, 4.69) is 17.1 Å². The van der Waals surface area contributed by atoms with Gasteiger partial charge in [0, 0.05) is 38.8 Å². The maximum atomic E-state index is 12.2. The van der Waals surface area contributed by atoms with Gasteiger partial charge in [0.1, 0.15) is 0 Å².